The van der Waals surface area contributed by atoms with Crippen LogP contribution in [-0.2, 0) is 0 Å². The molecular weight excluding hydrogens is 342 g/mol. The highest BCUT2D eigenvalue weighted by molar-refractivity contribution is 5.17. The van der Waals surface area contributed by atoms with Crippen molar-refractivity contribution in [3.8, 4) is 0 Å². The molecule has 2 heteroatoms. The summed E-state index contributed by atoms with van der Waals surface area (Å²) in [5.74, 6) is 0. The number of unbranched alkanes of at least 4 members (excludes halogenated alkanes) is 12. The third kappa shape index (κ3) is 13.3. The smallest absolute Gasteiger partial charge is 0.0916 e. The van der Waals surface area contributed by atoms with E-state index in [1.165, 1.54) is 89.9 Å². The minimum atomic E-state index is -0.365. The summed E-state index contributed by atoms with van der Waals surface area (Å²) >= 11 is 0. The fourth-order valence-electron chi connectivity index (χ4n) is 3.90. The van der Waals surface area contributed by atoms with Crippen LogP contribution in [0.25, 0.3) is 0 Å². The predicted octanol–water partition coefficient (Wildman–Crippen LogP) is 7.52. The van der Waals surface area contributed by atoms with Crippen molar-refractivity contribution in [3.63, 3.8) is 0 Å². The van der Waals surface area contributed by atoms with E-state index in [-0.39, 0.29) is 6.10 Å². The lowest BCUT2D eigenvalue weighted by Gasteiger charge is -2.25. The third-order valence-electron chi connectivity index (χ3n) is 5.77. The van der Waals surface area contributed by atoms with Gasteiger partial charge >= 0.3 is 0 Å². The van der Waals surface area contributed by atoms with Crippen LogP contribution >= 0.6 is 0 Å². The molecule has 1 unspecified atom stereocenters. The van der Waals surface area contributed by atoms with E-state index < -0.39 is 0 Å². The summed E-state index contributed by atoms with van der Waals surface area (Å²) in [6, 6.07) is 10.2. The van der Waals surface area contributed by atoms with Crippen LogP contribution in [0.2, 0.25) is 0 Å². The maximum atomic E-state index is 10.6. The summed E-state index contributed by atoms with van der Waals surface area (Å²) in [7, 11) is 0. The first-order valence-electron chi connectivity index (χ1n) is 12.2. The standard InChI is InChI=1S/C26H47NO/c1-3-5-7-9-11-13-18-22-27(23-19-14-12-10-8-6-4-2)24-26(28)25-20-16-15-17-21-25/h15-17,20-21,26,28H,3-14,18-19,22-24H2,1-2H3. The van der Waals surface area contributed by atoms with Crippen molar-refractivity contribution in [2.75, 3.05) is 19.6 Å². The molecule has 0 saturated carbocycles. The topological polar surface area (TPSA) is 23.5 Å². The fraction of sp³-hybridized carbons (Fsp3) is 0.769. The van der Waals surface area contributed by atoms with Gasteiger partial charge in [-0.15, -0.1) is 0 Å². The molecule has 0 aromatic heterocycles. The molecule has 1 aromatic carbocycles. The minimum absolute atomic E-state index is 0.365. The Bertz CT molecular complexity index is 415. The average Bonchev–Trinajstić information content (AvgIpc) is 2.72. The second kappa shape index (κ2) is 18.2. The van der Waals surface area contributed by atoms with Crippen molar-refractivity contribution in [1.82, 2.24) is 4.90 Å². The van der Waals surface area contributed by atoms with Crippen LogP contribution in [0.4, 0.5) is 0 Å². The van der Waals surface area contributed by atoms with Crippen molar-refractivity contribution < 1.29 is 5.11 Å². The van der Waals surface area contributed by atoms with Crippen LogP contribution in [0.15, 0.2) is 30.3 Å². The highest BCUT2D eigenvalue weighted by Gasteiger charge is 2.13. The molecule has 1 atom stereocenters. The molecule has 0 saturated heterocycles. The number of nitrogens with zero attached hydrogens (tertiary/aromatic N) is 1. The van der Waals surface area contributed by atoms with E-state index in [1.54, 1.807) is 0 Å². The molecule has 0 radical (unpaired) electrons. The maximum Gasteiger partial charge on any atom is 0.0916 e. The Morgan fingerprint density at radius 1 is 0.643 bits per heavy atom. The lowest BCUT2D eigenvalue weighted by molar-refractivity contribution is 0.110. The first-order valence-corrected chi connectivity index (χ1v) is 12.2. The molecule has 0 aliphatic heterocycles. The zero-order chi connectivity index (χ0) is 20.3. The van der Waals surface area contributed by atoms with Crippen molar-refractivity contribution in [3.05, 3.63) is 35.9 Å². The molecule has 0 bridgehead atoms. The van der Waals surface area contributed by atoms with Gasteiger partial charge in [0.2, 0.25) is 0 Å². The first-order chi connectivity index (χ1) is 13.8. The number of aliphatic hydroxyl groups excluding tert-OH is 1. The molecule has 0 amide bonds. The lowest BCUT2D eigenvalue weighted by atomic mass is 10.1. The van der Waals surface area contributed by atoms with E-state index in [0.29, 0.717) is 0 Å². The van der Waals surface area contributed by atoms with E-state index in [4.69, 9.17) is 0 Å². The van der Waals surface area contributed by atoms with Gasteiger partial charge in [0.15, 0.2) is 0 Å². The van der Waals surface area contributed by atoms with Gasteiger partial charge in [0.1, 0.15) is 0 Å². The first kappa shape index (κ1) is 25.2. The molecule has 0 spiro atoms. The molecule has 1 rings (SSSR count). The van der Waals surface area contributed by atoms with Crippen LogP contribution in [0, 0.1) is 0 Å². The highest BCUT2D eigenvalue weighted by atomic mass is 16.3. The largest absolute Gasteiger partial charge is 0.387 e. The second-order valence-corrected chi connectivity index (χ2v) is 8.47. The average molecular weight is 390 g/mol. The maximum absolute atomic E-state index is 10.6. The molecule has 0 heterocycles. The molecule has 2 nitrogen and oxygen atoms in total. The van der Waals surface area contributed by atoms with Crippen molar-refractivity contribution in [2.24, 2.45) is 0 Å². The molecular formula is C26H47NO. The van der Waals surface area contributed by atoms with E-state index in [9.17, 15) is 5.11 Å². The molecule has 0 aliphatic carbocycles. The molecule has 0 fully saturated rings. The Morgan fingerprint density at radius 2 is 1.07 bits per heavy atom. The summed E-state index contributed by atoms with van der Waals surface area (Å²) in [5.41, 5.74) is 1.05. The van der Waals surface area contributed by atoms with Crippen molar-refractivity contribution >= 4 is 0 Å². The Labute approximate surface area is 175 Å². The molecule has 1 N–H and O–H groups in total. The third-order valence-corrected chi connectivity index (χ3v) is 5.77. The van der Waals surface area contributed by atoms with Crippen LogP contribution < -0.4 is 0 Å². The SMILES string of the molecule is CCCCCCCCCN(CCCCCCCCC)CC(O)c1ccccc1. The minimum Gasteiger partial charge on any atom is -0.387 e. The Morgan fingerprint density at radius 3 is 1.54 bits per heavy atom. The van der Waals surface area contributed by atoms with Crippen LogP contribution in [0.1, 0.15) is 115 Å². The van der Waals surface area contributed by atoms with Crippen molar-refractivity contribution in [1.29, 1.82) is 0 Å². The number of hydrogen-bond donors (Lipinski definition) is 1. The van der Waals surface area contributed by atoms with Gasteiger partial charge in [-0.25, -0.2) is 0 Å². The normalized spacial score (nSPS) is 12.6. The highest BCUT2D eigenvalue weighted by Crippen LogP contribution is 2.16. The van der Waals surface area contributed by atoms with Crippen molar-refractivity contribution in [2.45, 2.75) is 110 Å². The zero-order valence-corrected chi connectivity index (χ0v) is 18.9. The van der Waals surface area contributed by atoms with Crippen LogP contribution in [-0.4, -0.2) is 29.6 Å². The molecule has 0 aliphatic rings. The van der Waals surface area contributed by atoms with Gasteiger partial charge in [-0.05, 0) is 31.5 Å². The van der Waals surface area contributed by atoms with E-state index >= 15 is 0 Å². The number of rotatable bonds is 19. The number of aliphatic hydroxyl groups is 1. The quantitative estimate of drug-likeness (QED) is 0.247. The number of hydrogen-bond acceptors (Lipinski definition) is 2. The summed E-state index contributed by atoms with van der Waals surface area (Å²) in [6.07, 6.45) is 18.5. The van der Waals surface area contributed by atoms with Gasteiger partial charge in [-0.2, -0.15) is 0 Å². The Kier molecular flexibility index (Phi) is 16.4. The number of benzene rings is 1. The Balaban J connectivity index is 2.30. The van der Waals surface area contributed by atoms with Gasteiger partial charge in [-0.3, -0.25) is 0 Å². The van der Waals surface area contributed by atoms with Gasteiger partial charge in [0, 0.05) is 6.54 Å². The second-order valence-electron chi connectivity index (χ2n) is 8.47. The fourth-order valence-corrected chi connectivity index (χ4v) is 3.90. The van der Waals surface area contributed by atoms with Gasteiger partial charge in [0.25, 0.3) is 0 Å². The summed E-state index contributed by atoms with van der Waals surface area (Å²) in [6.45, 7) is 7.59. The monoisotopic (exact) mass is 389 g/mol. The summed E-state index contributed by atoms with van der Waals surface area (Å²) < 4.78 is 0. The zero-order valence-electron chi connectivity index (χ0n) is 18.9. The van der Waals surface area contributed by atoms with Gasteiger partial charge in [-0.1, -0.05) is 121 Å². The van der Waals surface area contributed by atoms with E-state index in [1.807, 2.05) is 30.3 Å². The van der Waals surface area contributed by atoms with Gasteiger partial charge < -0.3 is 10.0 Å². The summed E-state index contributed by atoms with van der Waals surface area (Å²) in [5, 5.41) is 10.6. The molecule has 1 aromatic rings. The Hall–Kier alpha value is -0.860. The van der Waals surface area contributed by atoms with E-state index in [2.05, 4.69) is 18.7 Å². The predicted molar refractivity (Wildman–Crippen MR) is 124 cm³/mol. The van der Waals surface area contributed by atoms with Gasteiger partial charge in [0.05, 0.1) is 6.10 Å². The molecule has 28 heavy (non-hydrogen) atoms. The van der Waals surface area contributed by atoms with Crippen LogP contribution in [0.5, 0.6) is 0 Å². The summed E-state index contributed by atoms with van der Waals surface area (Å²) in [4.78, 5) is 2.51. The van der Waals surface area contributed by atoms with E-state index in [0.717, 1.165) is 25.2 Å². The van der Waals surface area contributed by atoms with Crippen LogP contribution in [0.3, 0.4) is 0 Å². The molecule has 162 valence electrons. The lowest BCUT2D eigenvalue weighted by Crippen LogP contribution is -2.31.